The first-order valence-electron chi connectivity index (χ1n) is 10.2. The van der Waals surface area contributed by atoms with Crippen LogP contribution in [0.2, 0.25) is 0 Å². The van der Waals surface area contributed by atoms with E-state index in [1.54, 1.807) is 28.8 Å². The van der Waals surface area contributed by atoms with Gasteiger partial charge in [0.25, 0.3) is 5.91 Å². The molecule has 1 N–H and O–H groups in total. The fraction of sp³-hybridized carbons (Fsp3) is 0.273. The molecule has 1 aliphatic rings. The van der Waals surface area contributed by atoms with Gasteiger partial charge in [-0.2, -0.15) is 0 Å². The normalized spacial score (nSPS) is 14.0. The SMILES string of the molecule is O=C(NCc1cccc(F)c1)c1ccc(CN2CCOc3nc([N+](=O)[O-])cn3CC2)cc1. The molecule has 0 saturated carbocycles. The molecule has 0 atom stereocenters. The second kappa shape index (κ2) is 9.56. The van der Waals surface area contributed by atoms with E-state index in [9.17, 15) is 19.3 Å². The summed E-state index contributed by atoms with van der Waals surface area (Å²) in [5, 5.41) is 13.7. The molecule has 0 aliphatic carbocycles. The summed E-state index contributed by atoms with van der Waals surface area (Å²) < 4.78 is 20.5. The Hall–Kier alpha value is -3.79. The van der Waals surface area contributed by atoms with E-state index in [4.69, 9.17) is 4.74 Å². The molecule has 0 spiro atoms. The van der Waals surface area contributed by atoms with Gasteiger partial charge in [0.05, 0.1) is 0 Å². The van der Waals surface area contributed by atoms with Crippen LogP contribution in [-0.4, -0.2) is 45.0 Å². The molecule has 4 rings (SSSR count). The highest BCUT2D eigenvalue weighted by Gasteiger charge is 2.22. The van der Waals surface area contributed by atoms with Crippen molar-refractivity contribution in [2.45, 2.75) is 19.6 Å². The van der Waals surface area contributed by atoms with E-state index in [-0.39, 0.29) is 30.1 Å². The molecular formula is C22H22FN5O4. The summed E-state index contributed by atoms with van der Waals surface area (Å²) in [6.07, 6.45) is 1.38. The zero-order valence-electron chi connectivity index (χ0n) is 17.2. The predicted octanol–water partition coefficient (Wildman–Crippen LogP) is 2.76. The molecule has 3 aromatic rings. The van der Waals surface area contributed by atoms with Crippen LogP contribution in [0, 0.1) is 15.9 Å². The molecule has 1 aromatic heterocycles. The number of nitrogens with zero attached hydrogens (tertiary/aromatic N) is 4. The number of carbonyl (C=O) groups excluding carboxylic acids is 1. The molecule has 1 aliphatic heterocycles. The van der Waals surface area contributed by atoms with E-state index in [2.05, 4.69) is 15.2 Å². The van der Waals surface area contributed by atoms with Gasteiger partial charge in [0.15, 0.2) is 0 Å². The monoisotopic (exact) mass is 439 g/mol. The number of rotatable bonds is 6. The molecule has 0 unspecified atom stereocenters. The summed E-state index contributed by atoms with van der Waals surface area (Å²) in [6.45, 7) is 3.13. The standard InChI is InChI=1S/C22H22FN5O4/c23-19-3-1-2-17(12-19)13-24-21(29)18-6-4-16(5-7-18)14-26-8-9-27-15-20(28(30)31)25-22(27)32-11-10-26/h1-7,12,15H,8-11,13-14H2,(H,24,29). The van der Waals surface area contributed by atoms with E-state index < -0.39 is 4.92 Å². The quantitative estimate of drug-likeness (QED) is 0.468. The lowest BCUT2D eigenvalue weighted by atomic mass is 10.1. The Morgan fingerprint density at radius 2 is 1.97 bits per heavy atom. The number of ether oxygens (including phenoxy) is 1. The smallest absolute Gasteiger partial charge is 0.414 e. The third-order valence-corrected chi connectivity index (χ3v) is 5.17. The van der Waals surface area contributed by atoms with Crippen molar-refractivity contribution in [2.75, 3.05) is 19.7 Å². The molecule has 1 amide bonds. The lowest BCUT2D eigenvalue weighted by Crippen LogP contribution is -2.33. The minimum absolute atomic E-state index is 0.222. The van der Waals surface area contributed by atoms with Gasteiger partial charge >= 0.3 is 11.8 Å². The minimum Gasteiger partial charge on any atom is -0.444 e. The molecule has 0 saturated heterocycles. The molecule has 2 aromatic carbocycles. The van der Waals surface area contributed by atoms with Crippen LogP contribution in [0.3, 0.4) is 0 Å². The van der Waals surface area contributed by atoms with E-state index in [1.165, 1.54) is 18.3 Å². The molecule has 2 heterocycles. The third-order valence-electron chi connectivity index (χ3n) is 5.17. The number of amides is 1. The fourth-order valence-corrected chi connectivity index (χ4v) is 3.49. The Balaban J connectivity index is 1.32. The van der Waals surface area contributed by atoms with Crippen LogP contribution in [0.25, 0.3) is 0 Å². The number of hydrogen-bond acceptors (Lipinski definition) is 6. The highest BCUT2D eigenvalue weighted by atomic mass is 19.1. The summed E-state index contributed by atoms with van der Waals surface area (Å²) in [5.41, 5.74) is 2.25. The van der Waals surface area contributed by atoms with Crippen molar-refractivity contribution in [3.05, 3.63) is 87.3 Å². The predicted molar refractivity (Wildman–Crippen MR) is 114 cm³/mol. The first kappa shape index (κ1) is 21.4. The molecule has 166 valence electrons. The molecule has 0 bridgehead atoms. The zero-order valence-corrected chi connectivity index (χ0v) is 17.2. The maximum atomic E-state index is 13.2. The van der Waals surface area contributed by atoms with Crippen molar-refractivity contribution >= 4 is 11.7 Å². The maximum Gasteiger partial charge on any atom is 0.414 e. The van der Waals surface area contributed by atoms with Crippen molar-refractivity contribution in [1.29, 1.82) is 0 Å². The summed E-state index contributed by atoms with van der Waals surface area (Å²) >= 11 is 0. The molecule has 32 heavy (non-hydrogen) atoms. The van der Waals surface area contributed by atoms with Gasteiger partial charge < -0.3 is 20.2 Å². The first-order valence-corrected chi connectivity index (χ1v) is 10.2. The van der Waals surface area contributed by atoms with Crippen LogP contribution < -0.4 is 10.1 Å². The number of carbonyl (C=O) groups is 1. The van der Waals surface area contributed by atoms with E-state index >= 15 is 0 Å². The molecule has 0 fully saturated rings. The first-order chi connectivity index (χ1) is 15.5. The number of hydrogen-bond donors (Lipinski definition) is 1. The fourth-order valence-electron chi connectivity index (χ4n) is 3.49. The van der Waals surface area contributed by atoms with Gasteiger partial charge in [0.2, 0.25) is 0 Å². The van der Waals surface area contributed by atoms with Gasteiger partial charge in [-0.1, -0.05) is 24.3 Å². The Labute approximate surface area is 183 Å². The average Bonchev–Trinajstić information content (AvgIpc) is 3.17. The summed E-state index contributed by atoms with van der Waals surface area (Å²) in [4.78, 5) is 28.8. The van der Waals surface area contributed by atoms with E-state index in [0.717, 1.165) is 5.56 Å². The largest absolute Gasteiger partial charge is 0.444 e. The second-order valence-corrected chi connectivity index (χ2v) is 7.47. The molecular weight excluding hydrogens is 417 g/mol. The summed E-state index contributed by atoms with van der Waals surface area (Å²) in [6, 6.07) is 13.7. The molecule has 0 radical (unpaired) electrons. The maximum absolute atomic E-state index is 13.2. The Morgan fingerprint density at radius 3 is 2.72 bits per heavy atom. The Morgan fingerprint density at radius 1 is 1.16 bits per heavy atom. The third kappa shape index (κ3) is 5.27. The Kier molecular flexibility index (Phi) is 6.41. The van der Waals surface area contributed by atoms with Crippen molar-refractivity contribution in [1.82, 2.24) is 19.8 Å². The van der Waals surface area contributed by atoms with Crippen LogP contribution in [0.4, 0.5) is 10.2 Å². The van der Waals surface area contributed by atoms with Crippen molar-refractivity contribution in [2.24, 2.45) is 0 Å². The van der Waals surface area contributed by atoms with Gasteiger partial charge in [-0.15, -0.1) is 0 Å². The van der Waals surface area contributed by atoms with Gasteiger partial charge in [-0.05, 0) is 40.3 Å². The lowest BCUT2D eigenvalue weighted by Gasteiger charge is -2.24. The second-order valence-electron chi connectivity index (χ2n) is 7.47. The zero-order chi connectivity index (χ0) is 22.5. The Bertz CT molecular complexity index is 1120. The number of aromatic nitrogens is 2. The van der Waals surface area contributed by atoms with E-state index in [0.29, 0.717) is 43.9 Å². The summed E-state index contributed by atoms with van der Waals surface area (Å²) in [5.74, 6) is -0.785. The number of nitro groups is 1. The van der Waals surface area contributed by atoms with Crippen LogP contribution >= 0.6 is 0 Å². The lowest BCUT2D eigenvalue weighted by molar-refractivity contribution is -0.389. The number of fused-ring (bicyclic) bond motifs is 1. The van der Waals surface area contributed by atoms with Crippen LogP contribution in [0.1, 0.15) is 21.5 Å². The van der Waals surface area contributed by atoms with Gasteiger partial charge in [-0.25, -0.2) is 4.39 Å². The van der Waals surface area contributed by atoms with Crippen molar-refractivity contribution < 1.29 is 18.8 Å². The number of imidazole rings is 1. The number of nitrogens with one attached hydrogen (secondary N) is 1. The average molecular weight is 439 g/mol. The van der Waals surface area contributed by atoms with E-state index in [1.807, 2.05) is 12.1 Å². The van der Waals surface area contributed by atoms with Crippen LogP contribution in [0.15, 0.2) is 54.7 Å². The van der Waals surface area contributed by atoms with Crippen LogP contribution in [-0.2, 0) is 19.6 Å². The molecule has 10 heteroatoms. The highest BCUT2D eigenvalue weighted by molar-refractivity contribution is 5.94. The van der Waals surface area contributed by atoms with Gasteiger partial charge in [-0.3, -0.25) is 14.3 Å². The minimum atomic E-state index is -0.533. The highest BCUT2D eigenvalue weighted by Crippen LogP contribution is 2.19. The molecule has 9 nitrogen and oxygen atoms in total. The van der Waals surface area contributed by atoms with Crippen molar-refractivity contribution in [3.8, 4) is 6.01 Å². The number of benzene rings is 2. The van der Waals surface area contributed by atoms with Gasteiger partial charge in [0.1, 0.15) is 18.6 Å². The summed E-state index contributed by atoms with van der Waals surface area (Å²) in [7, 11) is 0. The van der Waals surface area contributed by atoms with Gasteiger partial charge in [0, 0.05) is 43.3 Å². The number of halogens is 1. The van der Waals surface area contributed by atoms with Crippen LogP contribution in [0.5, 0.6) is 6.01 Å². The van der Waals surface area contributed by atoms with Crippen molar-refractivity contribution in [3.63, 3.8) is 0 Å². The topological polar surface area (TPSA) is 103 Å².